The molecule has 1 atom stereocenters. The van der Waals surface area contributed by atoms with E-state index in [1.165, 1.54) is 12.8 Å². The van der Waals surface area contributed by atoms with Crippen molar-refractivity contribution in [2.24, 2.45) is 0 Å². The SMILES string of the molecule is CNCC1CCCN1c1ncc(Br)c(OC)n1. The number of methoxy groups -OCH3 is 1. The summed E-state index contributed by atoms with van der Waals surface area (Å²) in [4.78, 5) is 11.0. The van der Waals surface area contributed by atoms with Gasteiger partial charge >= 0.3 is 0 Å². The van der Waals surface area contributed by atoms with Crippen LogP contribution >= 0.6 is 15.9 Å². The van der Waals surface area contributed by atoms with Crippen molar-refractivity contribution in [1.29, 1.82) is 0 Å². The summed E-state index contributed by atoms with van der Waals surface area (Å²) in [5.74, 6) is 1.34. The molecule has 0 aliphatic carbocycles. The highest BCUT2D eigenvalue weighted by Crippen LogP contribution is 2.27. The summed E-state index contributed by atoms with van der Waals surface area (Å²) >= 11 is 3.36. The predicted molar refractivity (Wildman–Crippen MR) is 70.6 cm³/mol. The van der Waals surface area contributed by atoms with Crippen LogP contribution in [0.15, 0.2) is 10.7 Å². The van der Waals surface area contributed by atoms with Gasteiger partial charge in [0.05, 0.1) is 17.8 Å². The first kappa shape index (κ1) is 12.6. The van der Waals surface area contributed by atoms with Gasteiger partial charge in [0.1, 0.15) is 0 Å². The molecule has 0 aromatic carbocycles. The van der Waals surface area contributed by atoms with Crippen LogP contribution in [0.3, 0.4) is 0 Å². The molecule has 1 aliphatic heterocycles. The highest BCUT2D eigenvalue weighted by atomic mass is 79.9. The van der Waals surface area contributed by atoms with Crippen LogP contribution in [0.25, 0.3) is 0 Å². The molecule has 2 heterocycles. The minimum absolute atomic E-state index is 0.478. The summed E-state index contributed by atoms with van der Waals surface area (Å²) in [5.41, 5.74) is 0. The van der Waals surface area contributed by atoms with E-state index in [2.05, 4.69) is 36.1 Å². The van der Waals surface area contributed by atoms with Gasteiger partial charge < -0.3 is 15.0 Å². The van der Waals surface area contributed by atoms with Crippen molar-refractivity contribution in [3.63, 3.8) is 0 Å². The second-order valence-corrected chi connectivity index (χ2v) is 4.93. The molecule has 1 N–H and O–H groups in total. The zero-order valence-electron chi connectivity index (χ0n) is 10.1. The Morgan fingerprint density at radius 3 is 3.18 bits per heavy atom. The maximum atomic E-state index is 5.20. The number of anilines is 1. The first-order valence-corrected chi connectivity index (χ1v) is 6.53. The lowest BCUT2D eigenvalue weighted by Crippen LogP contribution is -2.37. The minimum Gasteiger partial charge on any atom is -0.480 e. The summed E-state index contributed by atoms with van der Waals surface area (Å²) in [5, 5.41) is 3.21. The summed E-state index contributed by atoms with van der Waals surface area (Å²) in [6.07, 6.45) is 4.12. The van der Waals surface area contributed by atoms with Crippen molar-refractivity contribution in [1.82, 2.24) is 15.3 Å². The molecular weight excluding hydrogens is 284 g/mol. The van der Waals surface area contributed by atoms with Crippen molar-refractivity contribution in [2.45, 2.75) is 18.9 Å². The van der Waals surface area contributed by atoms with E-state index in [0.717, 1.165) is 23.5 Å². The van der Waals surface area contributed by atoms with Crippen molar-refractivity contribution in [2.75, 3.05) is 32.1 Å². The highest BCUT2D eigenvalue weighted by Gasteiger charge is 2.26. The fourth-order valence-electron chi connectivity index (χ4n) is 2.17. The number of nitrogens with zero attached hydrogens (tertiary/aromatic N) is 3. The monoisotopic (exact) mass is 300 g/mol. The van der Waals surface area contributed by atoms with Crippen molar-refractivity contribution < 1.29 is 4.74 Å². The summed E-state index contributed by atoms with van der Waals surface area (Å²) < 4.78 is 5.99. The predicted octanol–water partition coefficient (Wildman–Crippen LogP) is 1.44. The first-order chi connectivity index (χ1) is 8.26. The summed E-state index contributed by atoms with van der Waals surface area (Å²) in [6.45, 7) is 1.97. The molecule has 1 aromatic heterocycles. The molecule has 17 heavy (non-hydrogen) atoms. The fourth-order valence-corrected chi connectivity index (χ4v) is 2.52. The normalized spacial score (nSPS) is 19.7. The molecule has 1 fully saturated rings. The number of rotatable bonds is 4. The van der Waals surface area contributed by atoms with E-state index in [0.29, 0.717) is 11.9 Å². The smallest absolute Gasteiger partial charge is 0.232 e. The zero-order valence-corrected chi connectivity index (χ0v) is 11.7. The van der Waals surface area contributed by atoms with Crippen LogP contribution in [0.5, 0.6) is 5.88 Å². The van der Waals surface area contributed by atoms with Gasteiger partial charge in [-0.2, -0.15) is 4.98 Å². The minimum atomic E-state index is 0.478. The standard InChI is InChI=1S/C11H17BrN4O/c1-13-6-8-4-3-5-16(8)11-14-7-9(12)10(15-11)17-2/h7-8,13H,3-6H2,1-2H3. The molecule has 0 bridgehead atoms. The van der Waals surface area contributed by atoms with Gasteiger partial charge in [-0.05, 0) is 35.8 Å². The lowest BCUT2D eigenvalue weighted by Gasteiger charge is -2.24. The third kappa shape index (κ3) is 2.69. The number of ether oxygens (including phenoxy) is 1. The maximum Gasteiger partial charge on any atom is 0.232 e. The number of hydrogen-bond donors (Lipinski definition) is 1. The molecule has 1 unspecified atom stereocenters. The molecule has 0 spiro atoms. The topological polar surface area (TPSA) is 50.3 Å². The molecule has 94 valence electrons. The van der Waals surface area contributed by atoms with E-state index in [1.807, 2.05) is 7.05 Å². The van der Waals surface area contributed by atoms with Gasteiger partial charge in [0.2, 0.25) is 11.8 Å². The van der Waals surface area contributed by atoms with Gasteiger partial charge in [0, 0.05) is 19.1 Å². The average molecular weight is 301 g/mol. The largest absolute Gasteiger partial charge is 0.480 e. The van der Waals surface area contributed by atoms with Crippen LogP contribution < -0.4 is 15.0 Å². The Balaban J connectivity index is 2.21. The molecule has 1 saturated heterocycles. The Kier molecular flexibility index (Phi) is 4.17. The number of hydrogen-bond acceptors (Lipinski definition) is 5. The summed E-state index contributed by atoms with van der Waals surface area (Å²) in [7, 11) is 3.59. The lowest BCUT2D eigenvalue weighted by molar-refractivity contribution is 0.393. The molecule has 1 aliphatic rings. The second kappa shape index (κ2) is 5.64. The van der Waals surface area contributed by atoms with E-state index in [9.17, 15) is 0 Å². The van der Waals surface area contributed by atoms with Gasteiger partial charge in [-0.15, -0.1) is 0 Å². The molecule has 0 amide bonds. The van der Waals surface area contributed by atoms with Gasteiger partial charge in [-0.1, -0.05) is 0 Å². The third-order valence-corrected chi connectivity index (χ3v) is 3.51. The Hall–Kier alpha value is -0.880. The van der Waals surface area contributed by atoms with Crippen LogP contribution in [0.1, 0.15) is 12.8 Å². The quantitative estimate of drug-likeness (QED) is 0.912. The van der Waals surface area contributed by atoms with Crippen LogP contribution in [0.2, 0.25) is 0 Å². The van der Waals surface area contributed by atoms with Gasteiger partial charge in [0.15, 0.2) is 0 Å². The van der Waals surface area contributed by atoms with E-state index < -0.39 is 0 Å². The van der Waals surface area contributed by atoms with Crippen LogP contribution in [0.4, 0.5) is 5.95 Å². The van der Waals surface area contributed by atoms with Crippen LogP contribution in [-0.2, 0) is 0 Å². The summed E-state index contributed by atoms with van der Waals surface area (Å²) in [6, 6.07) is 0.478. The molecule has 0 saturated carbocycles. The molecule has 1 aromatic rings. The van der Waals surface area contributed by atoms with E-state index in [-0.39, 0.29) is 0 Å². The number of nitrogens with one attached hydrogen (secondary N) is 1. The molecule has 5 nitrogen and oxygen atoms in total. The first-order valence-electron chi connectivity index (χ1n) is 5.74. The number of aromatic nitrogens is 2. The van der Waals surface area contributed by atoms with Crippen molar-refractivity contribution in [3.8, 4) is 5.88 Å². The van der Waals surface area contributed by atoms with Crippen molar-refractivity contribution >= 4 is 21.9 Å². The fraction of sp³-hybridized carbons (Fsp3) is 0.636. The van der Waals surface area contributed by atoms with Gasteiger partial charge in [0.25, 0.3) is 0 Å². The number of likely N-dealkylation sites (N-methyl/N-ethyl adjacent to an activating group) is 1. The van der Waals surface area contributed by atoms with E-state index >= 15 is 0 Å². The van der Waals surface area contributed by atoms with Gasteiger partial charge in [-0.25, -0.2) is 4.98 Å². The molecule has 0 radical (unpaired) electrons. The maximum absolute atomic E-state index is 5.20. The Labute approximate surface area is 110 Å². The second-order valence-electron chi connectivity index (χ2n) is 4.07. The Bertz CT molecular complexity index is 388. The molecule has 6 heteroatoms. The Morgan fingerprint density at radius 2 is 2.47 bits per heavy atom. The van der Waals surface area contributed by atoms with Gasteiger partial charge in [-0.3, -0.25) is 0 Å². The molecule has 2 rings (SSSR count). The van der Waals surface area contributed by atoms with E-state index in [4.69, 9.17) is 4.74 Å². The number of halogens is 1. The van der Waals surface area contributed by atoms with Crippen molar-refractivity contribution in [3.05, 3.63) is 10.7 Å². The lowest BCUT2D eigenvalue weighted by atomic mass is 10.2. The third-order valence-electron chi connectivity index (χ3n) is 2.97. The zero-order chi connectivity index (χ0) is 12.3. The Morgan fingerprint density at radius 1 is 1.65 bits per heavy atom. The van der Waals surface area contributed by atoms with Crippen LogP contribution in [-0.4, -0.2) is 43.3 Å². The van der Waals surface area contributed by atoms with E-state index in [1.54, 1.807) is 13.3 Å². The van der Waals surface area contributed by atoms with Crippen LogP contribution in [0, 0.1) is 0 Å². The average Bonchev–Trinajstić information content (AvgIpc) is 2.78. The molecular formula is C11H17BrN4O. The highest BCUT2D eigenvalue weighted by molar-refractivity contribution is 9.10.